The summed E-state index contributed by atoms with van der Waals surface area (Å²) in [7, 11) is 0. The average Bonchev–Trinajstić information content (AvgIpc) is 2.17. The molecule has 0 amide bonds. The summed E-state index contributed by atoms with van der Waals surface area (Å²) in [6.45, 7) is 5.92. The molecule has 0 N–H and O–H groups in total. The van der Waals surface area contributed by atoms with Gasteiger partial charge in [-0.2, -0.15) is 0 Å². The Hall–Kier alpha value is 0.992. The van der Waals surface area contributed by atoms with Crippen molar-refractivity contribution in [1.29, 1.82) is 0 Å². The molecule has 4 nitrogen and oxygen atoms in total. The predicted octanol–water partition coefficient (Wildman–Crippen LogP) is -1.97. The summed E-state index contributed by atoms with van der Waals surface area (Å²) in [5, 5.41) is 10.5. The molecule has 1 aliphatic carbocycles. The zero-order valence-electron chi connectivity index (χ0n) is 11.2. The number of carbonyl (C=O) groups excluding carboxylic acids is 2. The topological polar surface area (TPSA) is 66.4 Å². The van der Waals surface area contributed by atoms with Crippen LogP contribution in [0.3, 0.4) is 0 Å². The van der Waals surface area contributed by atoms with Crippen molar-refractivity contribution < 1.29 is 88.3 Å². The van der Waals surface area contributed by atoms with E-state index in [-0.39, 0.29) is 74.3 Å². The first kappa shape index (κ1) is 18.0. The van der Waals surface area contributed by atoms with Crippen molar-refractivity contribution in [3.8, 4) is 0 Å². The first-order chi connectivity index (χ1) is 7.28. The molecule has 0 heterocycles. The summed E-state index contributed by atoms with van der Waals surface area (Å²) >= 11 is 0. The summed E-state index contributed by atoms with van der Waals surface area (Å²) < 4.78 is 5.20. The summed E-state index contributed by atoms with van der Waals surface area (Å²) in [6.07, 6.45) is 4.51. The van der Waals surface area contributed by atoms with Crippen molar-refractivity contribution in [2.24, 2.45) is 5.41 Å². The van der Waals surface area contributed by atoms with Gasteiger partial charge in [0.2, 0.25) is 0 Å². The molecule has 1 aliphatic rings. The van der Waals surface area contributed by atoms with E-state index in [9.17, 15) is 14.7 Å². The van der Waals surface area contributed by atoms with Gasteiger partial charge in [-0.15, -0.1) is 0 Å². The minimum absolute atomic E-state index is 0. The summed E-state index contributed by atoms with van der Waals surface area (Å²) in [4.78, 5) is 21.6. The van der Waals surface area contributed by atoms with Gasteiger partial charge in [-0.05, 0) is 25.7 Å². The predicted molar refractivity (Wildman–Crippen MR) is 56.4 cm³/mol. The van der Waals surface area contributed by atoms with Crippen LogP contribution in [-0.4, -0.2) is 17.5 Å². The van der Waals surface area contributed by atoms with Crippen LogP contribution in [0.5, 0.6) is 0 Å². The van der Waals surface area contributed by atoms with Crippen molar-refractivity contribution in [3.05, 3.63) is 0 Å². The minimum atomic E-state index is -1.76. The van der Waals surface area contributed by atoms with E-state index in [1.165, 1.54) is 0 Å². The molecule has 0 aromatic rings. The monoisotopic (exact) mass is 360 g/mol. The normalized spacial score (nSPS) is 19.0. The van der Waals surface area contributed by atoms with Gasteiger partial charge in [0.15, 0.2) is 5.97 Å². The quantitative estimate of drug-likeness (QED) is 0.402. The van der Waals surface area contributed by atoms with Gasteiger partial charge in [-0.3, -0.25) is 0 Å². The molecule has 17 heavy (non-hydrogen) atoms. The van der Waals surface area contributed by atoms with Gasteiger partial charge in [-0.25, -0.2) is 4.79 Å². The molecule has 0 atom stereocenters. The molecule has 92 valence electrons. The number of carboxylic acid groups (broad SMARTS) is 1. The van der Waals surface area contributed by atoms with Gasteiger partial charge < -0.3 is 14.6 Å². The third-order valence-corrected chi connectivity index (χ3v) is 3.48. The number of hydrogen-bond donors (Lipinski definition) is 0. The van der Waals surface area contributed by atoms with Crippen molar-refractivity contribution in [3.63, 3.8) is 0 Å². The van der Waals surface area contributed by atoms with E-state index in [0.29, 0.717) is 0 Å². The maximum atomic E-state index is 11.2. The number of carbonyl (C=O) groups is 2. The Kier molecular flexibility index (Phi) is 7.36. The zero-order chi connectivity index (χ0) is 12.4. The summed E-state index contributed by atoms with van der Waals surface area (Å²) in [6, 6.07) is 0. The maximum Gasteiger partial charge on any atom is 1.00 e. The number of esters is 1. The maximum absolute atomic E-state index is 11.2. The van der Waals surface area contributed by atoms with Crippen molar-refractivity contribution >= 4 is 11.9 Å². The van der Waals surface area contributed by atoms with Gasteiger partial charge in [0.05, 0.1) is 0 Å². The smallest absolute Gasteiger partial charge is 0.539 e. The van der Waals surface area contributed by atoms with Crippen LogP contribution in [0.2, 0.25) is 0 Å². The number of carboxylic acids is 1. The standard InChI is InChI=1S/C12H20O4.Cs/c1-11(2,3)12(7-5-4-6-8-12)16-10(15)9(13)14;/h4-8H2,1-3H3,(H,13,14);/q;+1/p-1. The Labute approximate surface area is 161 Å². The second-order valence-corrected chi connectivity index (χ2v) is 5.48. The second kappa shape index (κ2) is 6.96. The van der Waals surface area contributed by atoms with Gasteiger partial charge in [0.25, 0.3) is 0 Å². The van der Waals surface area contributed by atoms with Crippen LogP contribution in [0.1, 0.15) is 52.9 Å². The van der Waals surface area contributed by atoms with Crippen LogP contribution in [-0.2, 0) is 14.3 Å². The van der Waals surface area contributed by atoms with Crippen LogP contribution in [0.15, 0.2) is 0 Å². The molecule has 0 bridgehead atoms. The number of ether oxygens (including phenoxy) is 1. The van der Waals surface area contributed by atoms with Crippen LogP contribution in [0.25, 0.3) is 0 Å². The van der Waals surface area contributed by atoms with Crippen molar-refractivity contribution in [1.82, 2.24) is 0 Å². The van der Waals surface area contributed by atoms with Gasteiger partial charge in [-0.1, -0.05) is 27.2 Å². The first-order valence-corrected chi connectivity index (χ1v) is 5.73. The molecule has 5 heteroatoms. The van der Waals surface area contributed by atoms with Crippen LogP contribution in [0.4, 0.5) is 0 Å². The van der Waals surface area contributed by atoms with Crippen molar-refractivity contribution in [2.75, 3.05) is 0 Å². The Morgan fingerprint density at radius 3 is 1.94 bits per heavy atom. The van der Waals surface area contributed by atoms with Gasteiger partial charge >= 0.3 is 74.9 Å². The van der Waals surface area contributed by atoms with Gasteiger partial charge in [0, 0.05) is 5.41 Å². The van der Waals surface area contributed by atoms with Crippen molar-refractivity contribution in [2.45, 2.75) is 58.5 Å². The minimum Gasteiger partial charge on any atom is -0.539 e. The van der Waals surface area contributed by atoms with Crippen LogP contribution >= 0.6 is 0 Å². The van der Waals surface area contributed by atoms with E-state index >= 15 is 0 Å². The number of rotatable bonds is 1. The molecule has 0 spiro atoms. The Morgan fingerprint density at radius 1 is 1.12 bits per heavy atom. The molecule has 0 aromatic heterocycles. The summed E-state index contributed by atoms with van der Waals surface area (Å²) in [5.41, 5.74) is -0.902. The van der Waals surface area contributed by atoms with E-state index in [4.69, 9.17) is 4.74 Å². The van der Waals surface area contributed by atoms with E-state index in [1.54, 1.807) is 0 Å². The molecular formula is C12H19CsO4. The van der Waals surface area contributed by atoms with E-state index < -0.39 is 17.5 Å². The van der Waals surface area contributed by atoms with Gasteiger partial charge in [0.1, 0.15) is 5.60 Å². The SMILES string of the molecule is CC(C)(C)C1(OC(=O)C(=O)[O-])CCCCC1.[Cs+]. The van der Waals surface area contributed by atoms with Crippen LogP contribution < -0.4 is 74.0 Å². The Balaban J connectivity index is 0.00000256. The first-order valence-electron chi connectivity index (χ1n) is 5.73. The molecule has 0 unspecified atom stereocenters. The molecule has 1 fully saturated rings. The molecule has 0 saturated heterocycles. The molecule has 1 saturated carbocycles. The number of aliphatic carboxylic acids is 1. The molecular weight excluding hydrogens is 341 g/mol. The number of hydrogen-bond acceptors (Lipinski definition) is 4. The summed E-state index contributed by atoms with van der Waals surface area (Å²) in [5.74, 6) is -2.99. The fraction of sp³-hybridized carbons (Fsp3) is 0.833. The third kappa shape index (κ3) is 4.54. The fourth-order valence-electron chi connectivity index (χ4n) is 2.35. The molecule has 0 radical (unpaired) electrons. The van der Waals surface area contributed by atoms with E-state index in [2.05, 4.69) is 0 Å². The zero-order valence-corrected chi connectivity index (χ0v) is 17.4. The van der Waals surface area contributed by atoms with E-state index in [0.717, 1.165) is 32.1 Å². The molecule has 0 aromatic carbocycles. The average molecular weight is 360 g/mol. The Morgan fingerprint density at radius 2 is 1.59 bits per heavy atom. The fourth-order valence-corrected chi connectivity index (χ4v) is 2.35. The molecule has 0 aliphatic heterocycles. The Bertz CT molecular complexity index is 287. The molecule has 1 rings (SSSR count). The van der Waals surface area contributed by atoms with Crippen LogP contribution in [0, 0.1) is 5.41 Å². The van der Waals surface area contributed by atoms with E-state index in [1.807, 2.05) is 20.8 Å². The second-order valence-electron chi connectivity index (χ2n) is 5.48. The third-order valence-electron chi connectivity index (χ3n) is 3.48. The largest absolute Gasteiger partial charge is 1.00 e.